The van der Waals surface area contributed by atoms with Crippen LogP contribution < -0.4 is 0 Å². The van der Waals surface area contributed by atoms with Crippen LogP contribution in [0, 0.1) is 0 Å². The summed E-state index contributed by atoms with van der Waals surface area (Å²) in [5, 5.41) is 0. The Morgan fingerprint density at radius 3 is 1.62 bits per heavy atom. The Hall–Kier alpha value is 0.797. The molecular weight excluding hydrogens is 255 g/mol. The van der Waals surface area contributed by atoms with Gasteiger partial charge in [0, 0.05) is 0 Å². The molecule has 0 fully saturated rings. The molecule has 0 rings (SSSR count). The third-order valence-electron chi connectivity index (χ3n) is 3.03. The van der Waals surface area contributed by atoms with Gasteiger partial charge < -0.3 is 0 Å². The molecule has 0 amide bonds. The van der Waals surface area contributed by atoms with E-state index in [2.05, 4.69) is 6.92 Å². The minimum absolute atomic E-state index is 0.0152. The molecule has 0 nitrogen and oxygen atoms in total. The van der Waals surface area contributed by atoms with Gasteiger partial charge in [-0.25, -0.2) is 0 Å². The zero-order valence-electron chi connectivity index (χ0n) is 10.8. The number of hydrogen-bond donors (Lipinski definition) is 0. The van der Waals surface area contributed by atoms with Crippen molar-refractivity contribution < 1.29 is 0 Å². The lowest BCUT2D eigenvalue weighted by atomic mass is 10.1. The molecule has 0 bridgehead atoms. The number of hydrogen-bond acceptors (Lipinski definition) is 0. The van der Waals surface area contributed by atoms with Gasteiger partial charge in [0.2, 0.25) is 0 Å². The number of unbranched alkanes of at least 4 members (excludes halogenated alkanes) is 9. The highest BCUT2D eigenvalue weighted by Gasteiger charge is 1.98. The molecular formula is C13H28Cl2Si. The average Bonchev–Trinajstić information content (AvgIpc) is 2.25. The van der Waals surface area contributed by atoms with Gasteiger partial charge in [0.25, 0.3) is 0 Å². The zero-order valence-corrected chi connectivity index (χ0v) is 13.7. The second kappa shape index (κ2) is 13.9. The molecule has 0 aliphatic rings. The summed E-state index contributed by atoms with van der Waals surface area (Å²) in [5.41, 5.74) is 0. The first-order valence-electron chi connectivity index (χ1n) is 7.05. The van der Waals surface area contributed by atoms with E-state index in [4.69, 9.17) is 23.2 Å². The maximum Gasteiger partial charge on any atom is 0.0908 e. The third kappa shape index (κ3) is 14.8. The molecule has 0 aromatic heterocycles. The molecule has 3 heteroatoms. The molecule has 0 unspecified atom stereocenters. The monoisotopic (exact) mass is 282 g/mol. The van der Waals surface area contributed by atoms with Crippen LogP contribution in [0.25, 0.3) is 0 Å². The highest BCUT2D eigenvalue weighted by Crippen LogP contribution is 2.12. The van der Waals surface area contributed by atoms with Crippen molar-refractivity contribution in [3.05, 3.63) is 0 Å². The fraction of sp³-hybridized carbons (Fsp3) is 1.00. The standard InChI is InChI=1S/C13H28Cl2Si/c1-2-3-4-5-6-7-8-9-10-11-12-16-13(14)15/h13H,2-12,16H2,1H3. The summed E-state index contributed by atoms with van der Waals surface area (Å²) in [7, 11) is -0.177. The maximum absolute atomic E-state index is 5.73. The van der Waals surface area contributed by atoms with Crippen molar-refractivity contribution in [2.75, 3.05) is 0 Å². The number of halogens is 2. The molecule has 0 atom stereocenters. The fourth-order valence-electron chi connectivity index (χ4n) is 1.96. The van der Waals surface area contributed by atoms with Crippen LogP contribution in [0.15, 0.2) is 0 Å². The van der Waals surface area contributed by atoms with E-state index < -0.39 is 0 Å². The topological polar surface area (TPSA) is 0 Å². The lowest BCUT2D eigenvalue weighted by molar-refractivity contribution is 0.562. The summed E-state index contributed by atoms with van der Waals surface area (Å²) in [4.78, 5) is 0. The van der Waals surface area contributed by atoms with E-state index in [9.17, 15) is 0 Å². The molecule has 0 aromatic rings. The summed E-state index contributed by atoms with van der Waals surface area (Å²) in [6, 6.07) is 1.33. The Labute approximate surface area is 114 Å². The Morgan fingerprint density at radius 1 is 0.750 bits per heavy atom. The summed E-state index contributed by atoms with van der Waals surface area (Å²) in [6.45, 7) is 2.27. The van der Waals surface area contributed by atoms with Gasteiger partial charge in [0.05, 0.1) is 14.0 Å². The minimum Gasteiger partial charge on any atom is -0.110 e. The summed E-state index contributed by atoms with van der Waals surface area (Å²) in [6.07, 6.45) is 14.1. The van der Waals surface area contributed by atoms with Crippen LogP contribution in [0.3, 0.4) is 0 Å². The molecule has 0 aromatic carbocycles. The number of rotatable bonds is 12. The van der Waals surface area contributed by atoms with Crippen LogP contribution in [0.5, 0.6) is 0 Å². The van der Waals surface area contributed by atoms with Gasteiger partial charge in [-0.1, -0.05) is 77.2 Å². The molecule has 0 aliphatic heterocycles. The first kappa shape index (κ1) is 16.8. The average molecular weight is 283 g/mol. The molecule has 0 heterocycles. The molecule has 16 heavy (non-hydrogen) atoms. The Balaban J connectivity index is 2.88. The van der Waals surface area contributed by atoms with Crippen LogP contribution in [-0.4, -0.2) is 14.0 Å². The van der Waals surface area contributed by atoms with Gasteiger partial charge in [-0.15, -0.1) is 23.2 Å². The van der Waals surface area contributed by atoms with Crippen LogP contribution in [-0.2, 0) is 0 Å². The first-order valence-corrected chi connectivity index (χ1v) is 9.74. The fourth-order valence-corrected chi connectivity index (χ4v) is 3.84. The Kier molecular flexibility index (Phi) is 14.6. The SMILES string of the molecule is CCCCCCCCCCCC[SiH2]C(Cl)Cl. The third-order valence-corrected chi connectivity index (χ3v) is 5.68. The van der Waals surface area contributed by atoms with E-state index in [-0.39, 0.29) is 14.0 Å². The van der Waals surface area contributed by atoms with Crippen LogP contribution in [0.1, 0.15) is 71.1 Å². The van der Waals surface area contributed by atoms with Gasteiger partial charge in [0.1, 0.15) is 0 Å². The molecule has 98 valence electrons. The quantitative estimate of drug-likeness (QED) is 0.260. The summed E-state index contributed by atoms with van der Waals surface area (Å²) < 4.78 is -0.0152. The second-order valence-corrected chi connectivity index (χ2v) is 9.13. The molecule has 0 N–H and O–H groups in total. The van der Waals surface area contributed by atoms with Crippen molar-refractivity contribution in [2.24, 2.45) is 0 Å². The van der Waals surface area contributed by atoms with Crippen molar-refractivity contribution in [2.45, 2.75) is 81.6 Å². The van der Waals surface area contributed by atoms with E-state index in [0.717, 1.165) is 0 Å². The molecule has 0 aliphatic carbocycles. The molecule has 0 radical (unpaired) electrons. The first-order chi connectivity index (χ1) is 7.77. The van der Waals surface area contributed by atoms with Gasteiger partial charge in [-0.3, -0.25) is 0 Å². The van der Waals surface area contributed by atoms with E-state index in [1.807, 2.05) is 0 Å². The molecule has 0 saturated carbocycles. The van der Waals surface area contributed by atoms with E-state index in [1.54, 1.807) is 0 Å². The van der Waals surface area contributed by atoms with E-state index >= 15 is 0 Å². The van der Waals surface area contributed by atoms with Gasteiger partial charge in [-0.05, 0) is 0 Å². The lowest BCUT2D eigenvalue weighted by Crippen LogP contribution is -1.99. The number of alkyl halides is 2. The summed E-state index contributed by atoms with van der Waals surface area (Å²) in [5.74, 6) is 0. The highest BCUT2D eigenvalue weighted by molar-refractivity contribution is 6.68. The van der Waals surface area contributed by atoms with Crippen molar-refractivity contribution in [1.82, 2.24) is 0 Å². The predicted molar refractivity (Wildman–Crippen MR) is 80.7 cm³/mol. The van der Waals surface area contributed by atoms with Crippen molar-refractivity contribution in [1.29, 1.82) is 0 Å². The molecule has 0 saturated heterocycles. The van der Waals surface area contributed by atoms with Crippen LogP contribution >= 0.6 is 23.2 Å². The maximum atomic E-state index is 5.73. The summed E-state index contributed by atoms with van der Waals surface area (Å²) >= 11 is 11.5. The molecule has 0 spiro atoms. The second-order valence-electron chi connectivity index (χ2n) is 4.72. The zero-order chi connectivity index (χ0) is 12.1. The van der Waals surface area contributed by atoms with Gasteiger partial charge in [0.15, 0.2) is 0 Å². The van der Waals surface area contributed by atoms with Crippen molar-refractivity contribution >= 4 is 32.7 Å². The Bertz CT molecular complexity index is 129. The smallest absolute Gasteiger partial charge is 0.0908 e. The van der Waals surface area contributed by atoms with Gasteiger partial charge >= 0.3 is 0 Å². The van der Waals surface area contributed by atoms with Crippen LogP contribution in [0.4, 0.5) is 0 Å². The van der Waals surface area contributed by atoms with Gasteiger partial charge in [-0.2, -0.15) is 0 Å². The van der Waals surface area contributed by atoms with E-state index in [1.165, 1.54) is 70.3 Å². The van der Waals surface area contributed by atoms with E-state index in [0.29, 0.717) is 0 Å². The minimum atomic E-state index is -0.177. The Morgan fingerprint density at radius 2 is 1.19 bits per heavy atom. The lowest BCUT2D eigenvalue weighted by Gasteiger charge is -2.02. The highest BCUT2D eigenvalue weighted by atomic mass is 35.5. The van der Waals surface area contributed by atoms with Crippen LogP contribution in [0.2, 0.25) is 6.04 Å². The predicted octanol–water partition coefficient (Wildman–Crippen LogP) is 5.26. The normalized spacial score (nSPS) is 12.0. The van der Waals surface area contributed by atoms with Crippen molar-refractivity contribution in [3.8, 4) is 0 Å². The largest absolute Gasteiger partial charge is 0.110 e. The van der Waals surface area contributed by atoms with Crippen molar-refractivity contribution in [3.63, 3.8) is 0 Å².